The number of hydrogen-bond donors (Lipinski definition) is 3. The van der Waals surface area contributed by atoms with E-state index in [1.807, 2.05) is 31.2 Å². The number of hydrogen-bond acceptors (Lipinski definition) is 6. The lowest BCUT2D eigenvalue weighted by molar-refractivity contribution is 0.311. The molecule has 0 atom stereocenters. The highest BCUT2D eigenvalue weighted by atomic mass is 16.5. The molecule has 0 bridgehead atoms. The second-order valence-corrected chi connectivity index (χ2v) is 4.64. The van der Waals surface area contributed by atoms with Crippen molar-refractivity contribution in [1.29, 1.82) is 5.26 Å². The maximum Gasteiger partial charge on any atom is 0.151 e. The molecule has 1 aromatic heterocycles. The molecule has 0 spiro atoms. The molecular weight excluding hydrogens is 280 g/mol. The molecule has 22 heavy (non-hydrogen) atoms. The highest BCUT2D eigenvalue weighted by Gasteiger charge is 2.12. The number of nitrogens with zero attached hydrogens (tertiary/aromatic N) is 2. The predicted octanol–water partition coefficient (Wildman–Crippen LogP) is 2.42. The SMILES string of the molecule is COc1ccccc1Nc1nc(NCCO)cc(C)c1C#N. The molecule has 0 unspecified atom stereocenters. The van der Waals surface area contributed by atoms with Gasteiger partial charge in [-0.05, 0) is 30.7 Å². The molecule has 0 saturated carbocycles. The van der Waals surface area contributed by atoms with E-state index in [9.17, 15) is 5.26 Å². The van der Waals surface area contributed by atoms with Gasteiger partial charge < -0.3 is 20.5 Å². The van der Waals surface area contributed by atoms with Gasteiger partial charge >= 0.3 is 0 Å². The van der Waals surface area contributed by atoms with Crippen molar-refractivity contribution >= 4 is 17.3 Å². The van der Waals surface area contributed by atoms with E-state index in [-0.39, 0.29) is 6.61 Å². The first kappa shape index (κ1) is 15.6. The topological polar surface area (TPSA) is 90.2 Å². The molecule has 3 N–H and O–H groups in total. The number of para-hydroxylation sites is 2. The van der Waals surface area contributed by atoms with Crippen LogP contribution in [0.1, 0.15) is 11.1 Å². The van der Waals surface area contributed by atoms with E-state index in [1.165, 1.54) is 0 Å². The van der Waals surface area contributed by atoms with E-state index in [2.05, 4.69) is 21.7 Å². The van der Waals surface area contributed by atoms with Gasteiger partial charge in [-0.2, -0.15) is 5.26 Å². The molecule has 1 heterocycles. The van der Waals surface area contributed by atoms with E-state index in [0.29, 0.717) is 29.5 Å². The van der Waals surface area contributed by atoms with Gasteiger partial charge in [0, 0.05) is 6.54 Å². The van der Waals surface area contributed by atoms with E-state index in [1.54, 1.807) is 13.2 Å². The molecule has 0 aliphatic rings. The lowest BCUT2D eigenvalue weighted by Gasteiger charge is -2.14. The number of methoxy groups -OCH3 is 1. The second-order valence-electron chi connectivity index (χ2n) is 4.64. The summed E-state index contributed by atoms with van der Waals surface area (Å²) in [7, 11) is 1.59. The second kappa shape index (κ2) is 7.29. The van der Waals surface area contributed by atoms with Crippen LogP contribution in [0.25, 0.3) is 0 Å². The molecule has 6 nitrogen and oxygen atoms in total. The summed E-state index contributed by atoms with van der Waals surface area (Å²) in [5.74, 6) is 1.72. The molecule has 0 saturated heterocycles. The van der Waals surface area contributed by atoms with Crippen LogP contribution in [0.2, 0.25) is 0 Å². The van der Waals surface area contributed by atoms with Crippen molar-refractivity contribution in [3.63, 3.8) is 0 Å². The Morgan fingerprint density at radius 3 is 2.82 bits per heavy atom. The number of rotatable bonds is 6. The third-order valence-electron chi connectivity index (χ3n) is 3.11. The van der Waals surface area contributed by atoms with E-state index in [4.69, 9.17) is 9.84 Å². The number of pyridine rings is 1. The summed E-state index contributed by atoms with van der Waals surface area (Å²) in [6, 6.07) is 11.4. The number of anilines is 3. The van der Waals surface area contributed by atoms with Gasteiger partial charge in [0.1, 0.15) is 17.6 Å². The molecule has 0 amide bonds. The molecule has 1 aromatic carbocycles. The van der Waals surface area contributed by atoms with E-state index < -0.39 is 0 Å². The van der Waals surface area contributed by atoms with Crippen LogP contribution in [0.5, 0.6) is 5.75 Å². The minimum Gasteiger partial charge on any atom is -0.495 e. The number of aryl methyl sites for hydroxylation is 1. The van der Waals surface area contributed by atoms with Crippen LogP contribution < -0.4 is 15.4 Å². The summed E-state index contributed by atoms with van der Waals surface area (Å²) >= 11 is 0. The van der Waals surface area contributed by atoms with Crippen molar-refractivity contribution in [2.24, 2.45) is 0 Å². The van der Waals surface area contributed by atoms with E-state index >= 15 is 0 Å². The minimum absolute atomic E-state index is 0.00992. The average Bonchev–Trinajstić information content (AvgIpc) is 2.53. The Balaban J connectivity index is 2.40. The fourth-order valence-corrected chi connectivity index (χ4v) is 2.05. The van der Waals surface area contributed by atoms with Gasteiger partial charge in [-0.25, -0.2) is 4.98 Å². The smallest absolute Gasteiger partial charge is 0.151 e. The first-order valence-electron chi connectivity index (χ1n) is 6.86. The Bertz CT molecular complexity index is 695. The maximum absolute atomic E-state index is 9.35. The Hall–Kier alpha value is -2.78. The Morgan fingerprint density at radius 1 is 1.36 bits per heavy atom. The van der Waals surface area contributed by atoms with Crippen LogP contribution in [-0.4, -0.2) is 30.4 Å². The summed E-state index contributed by atoms with van der Waals surface area (Å²) in [6.07, 6.45) is 0. The summed E-state index contributed by atoms with van der Waals surface area (Å²) in [4.78, 5) is 4.40. The number of ether oxygens (including phenoxy) is 1. The van der Waals surface area contributed by atoms with Crippen molar-refractivity contribution in [3.8, 4) is 11.8 Å². The van der Waals surface area contributed by atoms with Gasteiger partial charge in [0.25, 0.3) is 0 Å². The predicted molar refractivity (Wildman–Crippen MR) is 85.5 cm³/mol. The van der Waals surface area contributed by atoms with Crippen LogP contribution in [0.3, 0.4) is 0 Å². The van der Waals surface area contributed by atoms with Crippen molar-refractivity contribution in [3.05, 3.63) is 41.5 Å². The van der Waals surface area contributed by atoms with Gasteiger partial charge in [0.05, 0.1) is 25.0 Å². The Kier molecular flexibility index (Phi) is 5.17. The van der Waals surface area contributed by atoms with Crippen LogP contribution >= 0.6 is 0 Å². The maximum atomic E-state index is 9.35. The molecular formula is C16H18N4O2. The lowest BCUT2D eigenvalue weighted by atomic mass is 10.1. The fourth-order valence-electron chi connectivity index (χ4n) is 2.05. The number of nitriles is 1. The number of aliphatic hydroxyl groups excluding tert-OH is 1. The number of nitrogens with one attached hydrogen (secondary N) is 2. The third kappa shape index (κ3) is 3.45. The molecule has 2 aromatic rings. The summed E-state index contributed by atoms with van der Waals surface area (Å²) in [6.45, 7) is 2.25. The minimum atomic E-state index is 0.00992. The molecule has 114 valence electrons. The van der Waals surface area contributed by atoms with Crippen molar-refractivity contribution in [2.75, 3.05) is 30.9 Å². The monoisotopic (exact) mass is 298 g/mol. The van der Waals surface area contributed by atoms with Crippen LogP contribution in [0, 0.1) is 18.3 Å². The van der Waals surface area contributed by atoms with Crippen LogP contribution in [0.4, 0.5) is 17.3 Å². The van der Waals surface area contributed by atoms with Gasteiger partial charge in [-0.15, -0.1) is 0 Å². The van der Waals surface area contributed by atoms with Gasteiger partial charge in [0.15, 0.2) is 5.82 Å². The molecule has 0 radical (unpaired) electrons. The molecule has 0 aliphatic carbocycles. The first-order chi connectivity index (χ1) is 10.7. The zero-order chi connectivity index (χ0) is 15.9. The summed E-state index contributed by atoms with van der Waals surface area (Å²) in [5.41, 5.74) is 2.00. The number of aromatic nitrogens is 1. The van der Waals surface area contributed by atoms with Crippen LogP contribution in [0.15, 0.2) is 30.3 Å². The highest BCUT2D eigenvalue weighted by molar-refractivity contribution is 5.70. The van der Waals surface area contributed by atoms with E-state index in [0.717, 1.165) is 11.3 Å². The zero-order valence-electron chi connectivity index (χ0n) is 12.6. The fraction of sp³-hybridized carbons (Fsp3) is 0.250. The molecule has 6 heteroatoms. The van der Waals surface area contributed by atoms with Gasteiger partial charge in [0.2, 0.25) is 0 Å². The highest BCUT2D eigenvalue weighted by Crippen LogP contribution is 2.29. The van der Waals surface area contributed by atoms with Crippen molar-refractivity contribution in [1.82, 2.24) is 4.98 Å². The Morgan fingerprint density at radius 2 is 2.14 bits per heavy atom. The average molecular weight is 298 g/mol. The summed E-state index contributed by atoms with van der Waals surface area (Å²) < 4.78 is 5.29. The Labute approximate surface area is 129 Å². The molecule has 0 aliphatic heterocycles. The zero-order valence-corrected chi connectivity index (χ0v) is 12.6. The molecule has 2 rings (SSSR count). The third-order valence-corrected chi connectivity index (χ3v) is 3.11. The van der Waals surface area contributed by atoms with Crippen molar-refractivity contribution < 1.29 is 9.84 Å². The van der Waals surface area contributed by atoms with Crippen molar-refractivity contribution in [2.45, 2.75) is 6.92 Å². The lowest BCUT2D eigenvalue weighted by Crippen LogP contribution is -2.09. The van der Waals surface area contributed by atoms with Gasteiger partial charge in [-0.1, -0.05) is 12.1 Å². The van der Waals surface area contributed by atoms with Gasteiger partial charge in [-0.3, -0.25) is 0 Å². The standard InChI is InChI=1S/C16H18N4O2/c1-11-9-15(18-7-8-21)20-16(12(11)10-17)19-13-5-3-4-6-14(13)22-2/h3-6,9,21H,7-8H2,1-2H3,(H2,18,19,20). The van der Waals surface area contributed by atoms with Crippen LogP contribution in [-0.2, 0) is 0 Å². The first-order valence-corrected chi connectivity index (χ1v) is 6.86. The summed E-state index contributed by atoms with van der Waals surface area (Å²) in [5, 5.41) is 24.4. The quantitative estimate of drug-likeness (QED) is 0.759. The molecule has 0 fully saturated rings. The number of aliphatic hydroxyl groups is 1. The number of benzene rings is 1. The largest absolute Gasteiger partial charge is 0.495 e. The normalized spacial score (nSPS) is 9.91.